The van der Waals surface area contributed by atoms with Gasteiger partial charge in [0, 0.05) is 29.9 Å². The first kappa shape index (κ1) is 20.3. The number of ether oxygens (including phenoxy) is 1. The quantitative estimate of drug-likeness (QED) is 0.799. The molecule has 1 aliphatic rings. The van der Waals surface area contributed by atoms with Gasteiger partial charge in [-0.1, -0.05) is 19.0 Å². The first-order valence-corrected chi connectivity index (χ1v) is 9.58. The van der Waals surface area contributed by atoms with Gasteiger partial charge >= 0.3 is 0 Å². The molecule has 142 valence electrons. The Kier molecular flexibility index (Phi) is 5.91. The number of aliphatic hydroxyl groups is 1. The standard InChI is InChI=1S/C18H30N2O4S/c1-16(2,18(5,6)22)13-11-14(24-20-13)19-15(21)17(3,4)25-12-7-9-23-10-8-12/h11-12,22H,7-10H2,1-6H3,(H,19,21). The van der Waals surface area contributed by atoms with E-state index in [1.165, 1.54) is 0 Å². The molecule has 1 amide bonds. The number of anilines is 1. The van der Waals surface area contributed by atoms with E-state index in [2.05, 4.69) is 10.5 Å². The van der Waals surface area contributed by atoms with Crippen molar-refractivity contribution in [3.05, 3.63) is 11.8 Å². The largest absolute Gasteiger partial charge is 0.390 e. The number of amides is 1. The van der Waals surface area contributed by atoms with Crippen LogP contribution in [0.25, 0.3) is 0 Å². The smallest absolute Gasteiger partial charge is 0.242 e. The lowest BCUT2D eigenvalue weighted by Gasteiger charge is -2.35. The van der Waals surface area contributed by atoms with E-state index >= 15 is 0 Å². The van der Waals surface area contributed by atoms with Gasteiger partial charge in [-0.25, -0.2) is 0 Å². The molecule has 0 aliphatic carbocycles. The van der Waals surface area contributed by atoms with Crippen LogP contribution in [-0.4, -0.2) is 45.0 Å². The molecular formula is C18H30N2O4S. The van der Waals surface area contributed by atoms with Crippen molar-refractivity contribution in [1.29, 1.82) is 0 Å². The number of nitrogens with one attached hydrogen (secondary N) is 1. The summed E-state index contributed by atoms with van der Waals surface area (Å²) in [6.45, 7) is 12.6. The van der Waals surface area contributed by atoms with Crippen LogP contribution in [0.15, 0.2) is 10.6 Å². The van der Waals surface area contributed by atoms with E-state index in [-0.39, 0.29) is 5.91 Å². The van der Waals surface area contributed by atoms with Crippen molar-refractivity contribution < 1.29 is 19.2 Å². The van der Waals surface area contributed by atoms with Crippen molar-refractivity contribution in [2.75, 3.05) is 18.5 Å². The van der Waals surface area contributed by atoms with Gasteiger partial charge in [-0.2, -0.15) is 0 Å². The molecule has 1 saturated heterocycles. The monoisotopic (exact) mass is 370 g/mol. The first-order valence-electron chi connectivity index (χ1n) is 8.70. The zero-order valence-electron chi connectivity index (χ0n) is 16.0. The van der Waals surface area contributed by atoms with Crippen molar-refractivity contribution in [3.63, 3.8) is 0 Å². The lowest BCUT2D eigenvalue weighted by molar-refractivity contribution is -0.117. The zero-order valence-corrected chi connectivity index (χ0v) is 16.8. The molecule has 1 aliphatic heterocycles. The fourth-order valence-corrected chi connectivity index (χ4v) is 3.89. The van der Waals surface area contributed by atoms with Gasteiger partial charge in [0.25, 0.3) is 0 Å². The van der Waals surface area contributed by atoms with Crippen molar-refractivity contribution in [3.8, 4) is 0 Å². The first-order chi connectivity index (χ1) is 11.4. The maximum atomic E-state index is 12.7. The summed E-state index contributed by atoms with van der Waals surface area (Å²) >= 11 is 1.67. The molecule has 0 bridgehead atoms. The van der Waals surface area contributed by atoms with E-state index in [0.717, 1.165) is 26.1 Å². The second kappa shape index (κ2) is 7.29. The van der Waals surface area contributed by atoms with E-state index in [1.807, 2.05) is 27.7 Å². The van der Waals surface area contributed by atoms with Crippen molar-refractivity contribution in [1.82, 2.24) is 5.16 Å². The molecule has 1 aromatic heterocycles. The molecule has 0 unspecified atom stereocenters. The lowest BCUT2D eigenvalue weighted by Crippen LogP contribution is -2.42. The molecule has 0 aromatic carbocycles. The van der Waals surface area contributed by atoms with E-state index < -0.39 is 15.8 Å². The SMILES string of the molecule is CC(C)(SC1CCOCC1)C(=O)Nc1cc(C(C)(C)C(C)(C)O)no1. The fourth-order valence-electron chi connectivity index (χ4n) is 2.47. The molecule has 0 spiro atoms. The van der Waals surface area contributed by atoms with Crippen LogP contribution in [0.1, 0.15) is 60.1 Å². The van der Waals surface area contributed by atoms with Crippen LogP contribution in [0, 0.1) is 0 Å². The molecule has 0 radical (unpaired) electrons. The third-order valence-electron chi connectivity index (χ3n) is 5.09. The van der Waals surface area contributed by atoms with Crippen LogP contribution in [0.2, 0.25) is 0 Å². The number of thioether (sulfide) groups is 1. The maximum Gasteiger partial charge on any atom is 0.242 e. The summed E-state index contributed by atoms with van der Waals surface area (Å²) in [5.74, 6) is 0.186. The van der Waals surface area contributed by atoms with Crippen LogP contribution < -0.4 is 5.32 Å². The summed E-state index contributed by atoms with van der Waals surface area (Å²) in [6.07, 6.45) is 1.93. The number of hydrogen-bond acceptors (Lipinski definition) is 6. The molecular weight excluding hydrogens is 340 g/mol. The highest BCUT2D eigenvalue weighted by Crippen LogP contribution is 2.37. The zero-order chi connectivity index (χ0) is 18.9. The van der Waals surface area contributed by atoms with Crippen LogP contribution in [0.3, 0.4) is 0 Å². The Bertz CT molecular complexity index is 598. The molecule has 6 nitrogen and oxygen atoms in total. The second-order valence-corrected chi connectivity index (χ2v) is 10.1. The van der Waals surface area contributed by atoms with E-state index in [9.17, 15) is 9.90 Å². The Morgan fingerprint density at radius 1 is 1.24 bits per heavy atom. The summed E-state index contributed by atoms with van der Waals surface area (Å²) in [4.78, 5) is 12.7. The molecule has 1 fully saturated rings. The molecule has 0 saturated carbocycles. The van der Waals surface area contributed by atoms with Gasteiger partial charge < -0.3 is 14.4 Å². The number of aromatic nitrogens is 1. The average molecular weight is 371 g/mol. The highest BCUT2D eigenvalue weighted by atomic mass is 32.2. The van der Waals surface area contributed by atoms with Gasteiger partial charge in [-0.15, -0.1) is 11.8 Å². The van der Waals surface area contributed by atoms with Gasteiger partial charge in [0.2, 0.25) is 11.8 Å². The Labute approximate surface area is 154 Å². The lowest BCUT2D eigenvalue weighted by atomic mass is 9.75. The van der Waals surface area contributed by atoms with Gasteiger partial charge in [-0.05, 0) is 40.5 Å². The molecule has 7 heteroatoms. The van der Waals surface area contributed by atoms with E-state index in [0.29, 0.717) is 16.8 Å². The Hall–Kier alpha value is -1.05. The number of nitrogens with zero attached hydrogens (tertiary/aromatic N) is 1. The van der Waals surface area contributed by atoms with Gasteiger partial charge in [0.05, 0.1) is 16.0 Å². The van der Waals surface area contributed by atoms with Gasteiger partial charge in [-0.3, -0.25) is 10.1 Å². The van der Waals surface area contributed by atoms with E-state index in [1.54, 1.807) is 31.7 Å². The normalized spacial score (nSPS) is 17.6. The van der Waals surface area contributed by atoms with Crippen LogP contribution in [0.4, 0.5) is 5.88 Å². The minimum Gasteiger partial charge on any atom is -0.390 e. The molecule has 25 heavy (non-hydrogen) atoms. The van der Waals surface area contributed by atoms with Crippen molar-refractivity contribution in [2.24, 2.45) is 0 Å². The molecule has 0 atom stereocenters. The summed E-state index contributed by atoms with van der Waals surface area (Å²) in [6, 6.07) is 1.69. The molecule has 2 rings (SSSR count). The number of carbonyl (C=O) groups excluding carboxylic acids is 1. The highest BCUT2D eigenvalue weighted by molar-refractivity contribution is 8.02. The second-order valence-electron chi connectivity index (χ2n) is 8.15. The number of rotatable bonds is 6. The summed E-state index contributed by atoms with van der Waals surface area (Å²) in [5, 5.41) is 17.6. The fraction of sp³-hybridized carbons (Fsp3) is 0.778. The molecule has 2 N–H and O–H groups in total. The summed E-state index contributed by atoms with van der Waals surface area (Å²) in [7, 11) is 0. The van der Waals surface area contributed by atoms with Crippen LogP contribution in [-0.2, 0) is 14.9 Å². The summed E-state index contributed by atoms with van der Waals surface area (Å²) in [5.41, 5.74) is -0.972. The Morgan fingerprint density at radius 2 is 1.84 bits per heavy atom. The minimum atomic E-state index is -0.969. The van der Waals surface area contributed by atoms with E-state index in [4.69, 9.17) is 9.26 Å². The highest BCUT2D eigenvalue weighted by Gasteiger charge is 2.40. The van der Waals surface area contributed by atoms with Crippen LogP contribution >= 0.6 is 11.8 Å². The van der Waals surface area contributed by atoms with Gasteiger partial charge in [0.1, 0.15) is 0 Å². The Morgan fingerprint density at radius 3 is 2.40 bits per heavy atom. The third kappa shape index (κ3) is 4.77. The van der Waals surface area contributed by atoms with Gasteiger partial charge in [0.15, 0.2) is 0 Å². The maximum absolute atomic E-state index is 12.7. The van der Waals surface area contributed by atoms with Crippen LogP contribution in [0.5, 0.6) is 0 Å². The number of hydrogen-bond donors (Lipinski definition) is 2. The summed E-state index contributed by atoms with van der Waals surface area (Å²) < 4.78 is 10.1. The third-order valence-corrected chi connectivity index (χ3v) is 6.67. The Balaban J connectivity index is 2.03. The van der Waals surface area contributed by atoms with Crippen molar-refractivity contribution in [2.45, 2.75) is 75.4 Å². The minimum absolute atomic E-state index is 0.118. The predicted octanol–water partition coefficient (Wildman–Crippen LogP) is 3.35. The van der Waals surface area contributed by atoms with Crippen molar-refractivity contribution >= 4 is 23.6 Å². The topological polar surface area (TPSA) is 84.6 Å². The molecule has 1 aromatic rings. The average Bonchev–Trinajstić information content (AvgIpc) is 2.95. The predicted molar refractivity (Wildman–Crippen MR) is 100.0 cm³/mol. The molecule has 2 heterocycles. The number of carbonyl (C=O) groups is 1.